The molecule has 0 aliphatic rings. The summed E-state index contributed by atoms with van der Waals surface area (Å²) >= 11 is 5.31. The SMILES string of the molecule is CCNCC(C)CN(C)Cc1cc(Br)cs1. The molecule has 0 spiro atoms. The van der Waals surface area contributed by atoms with Crippen LogP contribution in [0.1, 0.15) is 18.7 Å². The highest BCUT2D eigenvalue weighted by Gasteiger charge is 2.07. The largest absolute Gasteiger partial charge is 0.317 e. The zero-order valence-corrected chi connectivity index (χ0v) is 12.7. The lowest BCUT2D eigenvalue weighted by molar-refractivity contribution is 0.277. The molecule has 0 aliphatic carbocycles. The van der Waals surface area contributed by atoms with Crippen LogP contribution in [0.4, 0.5) is 0 Å². The van der Waals surface area contributed by atoms with Crippen LogP contribution in [0.2, 0.25) is 0 Å². The highest BCUT2D eigenvalue weighted by Crippen LogP contribution is 2.20. The molecule has 0 saturated heterocycles. The first-order valence-corrected chi connectivity index (χ1v) is 7.41. The van der Waals surface area contributed by atoms with Crippen molar-refractivity contribution >= 4 is 27.3 Å². The van der Waals surface area contributed by atoms with E-state index >= 15 is 0 Å². The Morgan fingerprint density at radius 3 is 2.88 bits per heavy atom. The van der Waals surface area contributed by atoms with E-state index in [1.165, 1.54) is 9.35 Å². The Labute approximate surface area is 111 Å². The highest BCUT2D eigenvalue weighted by molar-refractivity contribution is 9.10. The molecule has 16 heavy (non-hydrogen) atoms. The Morgan fingerprint density at radius 1 is 1.56 bits per heavy atom. The molecular weight excluding hydrogens is 284 g/mol. The van der Waals surface area contributed by atoms with E-state index in [-0.39, 0.29) is 0 Å². The number of halogens is 1. The Balaban J connectivity index is 2.27. The van der Waals surface area contributed by atoms with E-state index < -0.39 is 0 Å². The summed E-state index contributed by atoms with van der Waals surface area (Å²) in [5, 5.41) is 5.53. The molecule has 0 saturated carbocycles. The minimum Gasteiger partial charge on any atom is -0.317 e. The predicted molar refractivity (Wildman–Crippen MR) is 76.1 cm³/mol. The van der Waals surface area contributed by atoms with Crippen LogP contribution in [-0.4, -0.2) is 31.6 Å². The first kappa shape index (κ1) is 14.2. The topological polar surface area (TPSA) is 15.3 Å². The zero-order valence-electron chi connectivity index (χ0n) is 10.3. The smallest absolute Gasteiger partial charge is 0.0325 e. The first-order valence-electron chi connectivity index (χ1n) is 5.74. The summed E-state index contributed by atoms with van der Waals surface area (Å²) in [4.78, 5) is 3.81. The molecule has 0 amide bonds. The van der Waals surface area contributed by atoms with E-state index in [2.05, 4.69) is 58.5 Å². The summed E-state index contributed by atoms with van der Waals surface area (Å²) in [5.74, 6) is 0.702. The van der Waals surface area contributed by atoms with Gasteiger partial charge in [0.15, 0.2) is 0 Å². The molecule has 0 aliphatic heterocycles. The van der Waals surface area contributed by atoms with Crippen molar-refractivity contribution in [3.8, 4) is 0 Å². The summed E-state index contributed by atoms with van der Waals surface area (Å²) in [6, 6.07) is 2.20. The van der Waals surface area contributed by atoms with Gasteiger partial charge in [-0.05, 0) is 48.1 Å². The Bertz CT molecular complexity index is 301. The predicted octanol–water partition coefficient (Wildman–Crippen LogP) is 3.19. The second kappa shape index (κ2) is 7.43. The fourth-order valence-electron chi connectivity index (χ4n) is 1.75. The monoisotopic (exact) mass is 304 g/mol. The van der Waals surface area contributed by atoms with Crippen molar-refractivity contribution in [2.75, 3.05) is 26.7 Å². The van der Waals surface area contributed by atoms with Crippen LogP contribution in [0.3, 0.4) is 0 Å². The van der Waals surface area contributed by atoms with Gasteiger partial charge in [-0.1, -0.05) is 13.8 Å². The molecule has 1 rings (SSSR count). The minimum absolute atomic E-state index is 0.702. The first-order chi connectivity index (χ1) is 7.61. The molecule has 2 nitrogen and oxygen atoms in total. The minimum atomic E-state index is 0.702. The third-order valence-corrected chi connectivity index (χ3v) is 4.10. The van der Waals surface area contributed by atoms with Crippen LogP contribution in [0, 0.1) is 5.92 Å². The number of hydrogen-bond donors (Lipinski definition) is 1. The van der Waals surface area contributed by atoms with Gasteiger partial charge in [0, 0.05) is 27.8 Å². The molecule has 1 atom stereocenters. The Morgan fingerprint density at radius 2 is 2.31 bits per heavy atom. The van der Waals surface area contributed by atoms with Crippen molar-refractivity contribution in [2.24, 2.45) is 5.92 Å². The third kappa shape index (κ3) is 5.43. The lowest BCUT2D eigenvalue weighted by atomic mass is 10.1. The molecule has 4 heteroatoms. The fraction of sp³-hybridized carbons (Fsp3) is 0.667. The number of nitrogens with zero attached hydrogens (tertiary/aromatic N) is 1. The van der Waals surface area contributed by atoms with Crippen LogP contribution in [0.25, 0.3) is 0 Å². The van der Waals surface area contributed by atoms with Crippen LogP contribution in [0.15, 0.2) is 15.9 Å². The molecule has 1 aromatic heterocycles. The maximum absolute atomic E-state index is 3.49. The summed E-state index contributed by atoms with van der Waals surface area (Å²) in [5.41, 5.74) is 0. The van der Waals surface area contributed by atoms with Gasteiger partial charge in [0.2, 0.25) is 0 Å². The molecule has 0 fully saturated rings. The van der Waals surface area contributed by atoms with Gasteiger partial charge >= 0.3 is 0 Å². The van der Waals surface area contributed by atoms with E-state index in [0.29, 0.717) is 5.92 Å². The van der Waals surface area contributed by atoms with Crippen LogP contribution in [0.5, 0.6) is 0 Å². The van der Waals surface area contributed by atoms with E-state index in [9.17, 15) is 0 Å². The lowest BCUT2D eigenvalue weighted by Gasteiger charge is -2.20. The van der Waals surface area contributed by atoms with E-state index in [0.717, 1.165) is 26.2 Å². The third-order valence-electron chi connectivity index (χ3n) is 2.41. The fourth-order valence-corrected chi connectivity index (χ4v) is 3.28. The standard InChI is InChI=1S/C12H21BrN2S/c1-4-14-6-10(2)7-15(3)8-12-5-11(13)9-16-12/h5,9-10,14H,4,6-8H2,1-3H3. The molecule has 1 heterocycles. The normalized spacial score (nSPS) is 13.3. The van der Waals surface area contributed by atoms with Gasteiger partial charge in [-0.25, -0.2) is 0 Å². The quantitative estimate of drug-likeness (QED) is 0.832. The molecule has 0 bridgehead atoms. The van der Waals surface area contributed by atoms with Gasteiger partial charge in [-0.3, -0.25) is 0 Å². The Hall–Kier alpha value is 0.1000. The molecule has 1 N–H and O–H groups in total. The maximum Gasteiger partial charge on any atom is 0.0325 e. The average Bonchev–Trinajstić information content (AvgIpc) is 2.60. The second-order valence-electron chi connectivity index (χ2n) is 4.34. The van der Waals surface area contributed by atoms with Crippen molar-refractivity contribution in [1.82, 2.24) is 10.2 Å². The summed E-state index contributed by atoms with van der Waals surface area (Å²) in [7, 11) is 2.19. The molecule has 92 valence electrons. The number of nitrogens with one attached hydrogen (secondary N) is 1. The average molecular weight is 305 g/mol. The van der Waals surface area contributed by atoms with Crippen molar-refractivity contribution in [3.05, 3.63) is 20.8 Å². The van der Waals surface area contributed by atoms with Crippen LogP contribution >= 0.6 is 27.3 Å². The van der Waals surface area contributed by atoms with Crippen molar-refractivity contribution < 1.29 is 0 Å². The van der Waals surface area contributed by atoms with Crippen LogP contribution < -0.4 is 5.32 Å². The van der Waals surface area contributed by atoms with Gasteiger partial charge in [0.05, 0.1) is 0 Å². The van der Waals surface area contributed by atoms with Crippen LogP contribution in [-0.2, 0) is 6.54 Å². The molecule has 0 radical (unpaired) electrons. The van der Waals surface area contributed by atoms with Gasteiger partial charge in [0.25, 0.3) is 0 Å². The zero-order chi connectivity index (χ0) is 12.0. The lowest BCUT2D eigenvalue weighted by Crippen LogP contribution is -2.30. The molecular formula is C12H21BrN2S. The summed E-state index contributed by atoms with van der Waals surface area (Å²) in [6.45, 7) is 8.80. The second-order valence-corrected chi connectivity index (χ2v) is 6.25. The van der Waals surface area contributed by atoms with Gasteiger partial charge in [-0.15, -0.1) is 11.3 Å². The van der Waals surface area contributed by atoms with E-state index in [1.54, 1.807) is 0 Å². The summed E-state index contributed by atoms with van der Waals surface area (Å²) in [6.07, 6.45) is 0. The van der Waals surface area contributed by atoms with Gasteiger partial charge in [-0.2, -0.15) is 0 Å². The number of thiophene rings is 1. The maximum atomic E-state index is 3.49. The van der Waals surface area contributed by atoms with Crippen molar-refractivity contribution in [2.45, 2.75) is 20.4 Å². The van der Waals surface area contributed by atoms with Gasteiger partial charge < -0.3 is 10.2 Å². The highest BCUT2D eigenvalue weighted by atomic mass is 79.9. The van der Waals surface area contributed by atoms with Crippen molar-refractivity contribution in [3.63, 3.8) is 0 Å². The van der Waals surface area contributed by atoms with E-state index in [4.69, 9.17) is 0 Å². The number of rotatable bonds is 7. The Kier molecular flexibility index (Phi) is 6.58. The molecule has 1 unspecified atom stereocenters. The van der Waals surface area contributed by atoms with Crippen molar-refractivity contribution in [1.29, 1.82) is 0 Å². The number of hydrogen-bond acceptors (Lipinski definition) is 3. The molecule has 0 aromatic carbocycles. The molecule has 1 aromatic rings. The van der Waals surface area contributed by atoms with E-state index in [1.807, 2.05) is 11.3 Å². The summed E-state index contributed by atoms with van der Waals surface area (Å²) < 4.78 is 1.20. The van der Waals surface area contributed by atoms with Gasteiger partial charge in [0.1, 0.15) is 0 Å².